The summed E-state index contributed by atoms with van der Waals surface area (Å²) in [5.41, 5.74) is 0. The SMILES string of the molecule is C.CC.CC(C)[n+]1ccccc1. The third-order valence-electron chi connectivity index (χ3n) is 1.33. The summed E-state index contributed by atoms with van der Waals surface area (Å²) < 4.78 is 2.17. The Hall–Kier alpha value is -0.850. The van der Waals surface area contributed by atoms with E-state index in [1.54, 1.807) is 0 Å². The third-order valence-corrected chi connectivity index (χ3v) is 1.33. The van der Waals surface area contributed by atoms with Crippen molar-refractivity contribution in [1.29, 1.82) is 0 Å². The van der Waals surface area contributed by atoms with Crippen molar-refractivity contribution >= 4 is 0 Å². The molecule has 1 heterocycles. The summed E-state index contributed by atoms with van der Waals surface area (Å²) >= 11 is 0. The van der Waals surface area contributed by atoms with Crippen LogP contribution in [0.15, 0.2) is 30.6 Å². The van der Waals surface area contributed by atoms with E-state index in [4.69, 9.17) is 0 Å². The average molecular weight is 168 g/mol. The normalized spacial score (nSPS) is 8.08. The zero-order chi connectivity index (χ0) is 8.69. The lowest BCUT2D eigenvalue weighted by atomic mass is 10.3. The summed E-state index contributed by atoms with van der Waals surface area (Å²) in [7, 11) is 0. The Labute approximate surface area is 77.1 Å². The molecule has 1 nitrogen and oxygen atoms in total. The van der Waals surface area contributed by atoms with Gasteiger partial charge in [0.15, 0.2) is 18.4 Å². The van der Waals surface area contributed by atoms with Crippen LogP contribution >= 0.6 is 0 Å². The summed E-state index contributed by atoms with van der Waals surface area (Å²) in [5.74, 6) is 0. The van der Waals surface area contributed by atoms with Gasteiger partial charge in [0.2, 0.25) is 0 Å². The maximum Gasteiger partial charge on any atom is 0.169 e. The van der Waals surface area contributed by atoms with Gasteiger partial charge in [-0.05, 0) is 13.8 Å². The summed E-state index contributed by atoms with van der Waals surface area (Å²) in [6.07, 6.45) is 4.15. The van der Waals surface area contributed by atoms with E-state index in [1.807, 2.05) is 32.0 Å². The highest BCUT2D eigenvalue weighted by Gasteiger charge is 2.00. The second kappa shape index (κ2) is 8.25. The standard InChI is InChI=1S/C8H12N.C2H6.CH4/c1-8(2)9-6-4-3-5-7-9;1-2;/h3-8H,1-2H3;1-2H3;1H4/q+1;;. The fourth-order valence-electron chi connectivity index (χ4n) is 0.756. The Morgan fingerprint density at radius 3 is 1.58 bits per heavy atom. The van der Waals surface area contributed by atoms with E-state index >= 15 is 0 Å². The Bertz CT molecular complexity index is 168. The first kappa shape index (κ1) is 13.7. The van der Waals surface area contributed by atoms with Crippen LogP contribution in [0, 0.1) is 0 Å². The minimum Gasteiger partial charge on any atom is -0.203 e. The van der Waals surface area contributed by atoms with E-state index < -0.39 is 0 Å². The Kier molecular flexibility index (Phi) is 9.43. The second-order valence-electron chi connectivity index (χ2n) is 2.42. The Morgan fingerprint density at radius 2 is 1.33 bits per heavy atom. The van der Waals surface area contributed by atoms with Gasteiger partial charge in [-0.1, -0.05) is 27.3 Å². The third kappa shape index (κ3) is 4.89. The van der Waals surface area contributed by atoms with Gasteiger partial charge in [0.25, 0.3) is 0 Å². The lowest BCUT2D eigenvalue weighted by molar-refractivity contribution is -0.716. The number of nitrogens with zero attached hydrogens (tertiary/aromatic N) is 1. The van der Waals surface area contributed by atoms with E-state index in [-0.39, 0.29) is 7.43 Å². The summed E-state index contributed by atoms with van der Waals surface area (Å²) in [5, 5.41) is 0. The number of aromatic nitrogens is 1. The van der Waals surface area contributed by atoms with E-state index in [2.05, 4.69) is 30.8 Å². The maximum atomic E-state index is 2.17. The largest absolute Gasteiger partial charge is 0.203 e. The summed E-state index contributed by atoms with van der Waals surface area (Å²) in [6.45, 7) is 8.33. The van der Waals surface area contributed by atoms with Crippen LogP contribution in [-0.2, 0) is 0 Å². The van der Waals surface area contributed by atoms with Gasteiger partial charge < -0.3 is 0 Å². The molecule has 1 rings (SSSR count). The van der Waals surface area contributed by atoms with E-state index in [0.717, 1.165) is 0 Å². The molecule has 1 aromatic heterocycles. The molecule has 0 aliphatic carbocycles. The van der Waals surface area contributed by atoms with Gasteiger partial charge in [0, 0.05) is 12.1 Å². The Balaban J connectivity index is 0. The molecule has 0 N–H and O–H groups in total. The number of hydrogen-bond acceptors (Lipinski definition) is 0. The fourth-order valence-corrected chi connectivity index (χ4v) is 0.756. The number of pyridine rings is 1. The molecule has 1 aromatic rings. The van der Waals surface area contributed by atoms with Gasteiger partial charge in [-0.3, -0.25) is 0 Å². The highest BCUT2D eigenvalue weighted by Crippen LogP contribution is 1.88. The van der Waals surface area contributed by atoms with Crippen molar-refractivity contribution in [2.24, 2.45) is 0 Å². The molecular weight excluding hydrogens is 146 g/mol. The molecule has 0 atom stereocenters. The summed E-state index contributed by atoms with van der Waals surface area (Å²) in [6, 6.07) is 6.69. The minimum absolute atomic E-state index is 0. The number of rotatable bonds is 1. The van der Waals surface area contributed by atoms with Crippen LogP contribution in [0.25, 0.3) is 0 Å². The predicted octanol–water partition coefficient (Wildman–Crippen LogP) is 3.22. The topological polar surface area (TPSA) is 3.88 Å². The van der Waals surface area contributed by atoms with Crippen LogP contribution < -0.4 is 4.57 Å². The molecule has 0 unspecified atom stereocenters. The first-order chi connectivity index (χ1) is 5.30. The highest BCUT2D eigenvalue weighted by molar-refractivity contribution is 4.83. The molecule has 0 aliphatic heterocycles. The zero-order valence-corrected chi connectivity index (χ0v) is 7.91. The first-order valence-corrected chi connectivity index (χ1v) is 4.26. The molecule has 0 saturated heterocycles. The quantitative estimate of drug-likeness (QED) is 0.567. The van der Waals surface area contributed by atoms with Crippen LogP contribution in [0.2, 0.25) is 0 Å². The van der Waals surface area contributed by atoms with E-state index in [0.29, 0.717) is 6.04 Å². The van der Waals surface area contributed by atoms with E-state index in [9.17, 15) is 0 Å². The monoisotopic (exact) mass is 168 g/mol. The predicted molar refractivity (Wildman–Crippen MR) is 55.1 cm³/mol. The minimum atomic E-state index is 0. The first-order valence-electron chi connectivity index (χ1n) is 4.26. The smallest absolute Gasteiger partial charge is 0.169 e. The molecule has 0 spiro atoms. The molecular formula is C11H22N+. The highest BCUT2D eigenvalue weighted by atomic mass is 15.0. The van der Waals surface area contributed by atoms with Gasteiger partial charge >= 0.3 is 0 Å². The molecule has 70 valence electrons. The van der Waals surface area contributed by atoms with Crippen LogP contribution in [-0.4, -0.2) is 0 Å². The van der Waals surface area contributed by atoms with Crippen LogP contribution in [0.5, 0.6) is 0 Å². The van der Waals surface area contributed by atoms with Crippen molar-refractivity contribution < 1.29 is 4.57 Å². The van der Waals surface area contributed by atoms with Crippen LogP contribution in [0.1, 0.15) is 41.2 Å². The molecule has 0 radical (unpaired) electrons. The molecule has 1 heteroatoms. The summed E-state index contributed by atoms with van der Waals surface area (Å²) in [4.78, 5) is 0. The van der Waals surface area contributed by atoms with Gasteiger partial charge in [0.1, 0.15) is 0 Å². The molecule has 0 saturated carbocycles. The molecule has 0 bridgehead atoms. The molecule has 0 amide bonds. The lowest BCUT2D eigenvalue weighted by Crippen LogP contribution is -2.34. The second-order valence-corrected chi connectivity index (χ2v) is 2.42. The van der Waals surface area contributed by atoms with Crippen molar-refractivity contribution in [3.8, 4) is 0 Å². The molecule has 0 aromatic carbocycles. The van der Waals surface area contributed by atoms with Crippen LogP contribution in [0.4, 0.5) is 0 Å². The van der Waals surface area contributed by atoms with Crippen molar-refractivity contribution in [2.45, 2.75) is 41.2 Å². The number of hydrogen-bond donors (Lipinski definition) is 0. The van der Waals surface area contributed by atoms with Crippen molar-refractivity contribution in [2.75, 3.05) is 0 Å². The fraction of sp³-hybridized carbons (Fsp3) is 0.545. The molecule has 0 fully saturated rings. The zero-order valence-electron chi connectivity index (χ0n) is 7.91. The van der Waals surface area contributed by atoms with Crippen LogP contribution in [0.3, 0.4) is 0 Å². The van der Waals surface area contributed by atoms with Crippen molar-refractivity contribution in [3.05, 3.63) is 30.6 Å². The van der Waals surface area contributed by atoms with Gasteiger partial charge in [-0.15, -0.1) is 0 Å². The molecule has 0 aliphatic rings. The Morgan fingerprint density at radius 1 is 0.917 bits per heavy atom. The maximum absolute atomic E-state index is 2.17. The van der Waals surface area contributed by atoms with Gasteiger partial charge in [-0.25, -0.2) is 4.57 Å². The van der Waals surface area contributed by atoms with Crippen molar-refractivity contribution in [3.63, 3.8) is 0 Å². The lowest BCUT2D eigenvalue weighted by Gasteiger charge is -1.96. The van der Waals surface area contributed by atoms with Gasteiger partial charge in [-0.2, -0.15) is 0 Å². The van der Waals surface area contributed by atoms with E-state index in [1.165, 1.54) is 0 Å². The van der Waals surface area contributed by atoms with Gasteiger partial charge in [0.05, 0.1) is 0 Å². The van der Waals surface area contributed by atoms with Crippen molar-refractivity contribution in [1.82, 2.24) is 0 Å². The molecule has 12 heavy (non-hydrogen) atoms. The average Bonchev–Trinajstić information content (AvgIpc) is 2.10.